The Bertz CT molecular complexity index is 925. The molecule has 2 aliphatic rings. The van der Waals surface area contributed by atoms with Crippen molar-refractivity contribution in [1.82, 2.24) is 9.88 Å². The number of anilines is 1. The Hall–Kier alpha value is -2.21. The summed E-state index contributed by atoms with van der Waals surface area (Å²) in [5.74, 6) is 0.230. The maximum Gasteiger partial charge on any atom is 0.248 e. The average Bonchev–Trinajstić information content (AvgIpc) is 3.06. The average molecular weight is 398 g/mol. The van der Waals surface area contributed by atoms with Crippen LogP contribution >= 0.6 is 11.3 Å². The second-order valence-corrected chi connectivity index (χ2v) is 9.77. The Balaban J connectivity index is 1.48. The number of amides is 2. The number of aromatic nitrogens is 1. The van der Waals surface area contributed by atoms with E-state index in [0.717, 1.165) is 16.6 Å². The molecule has 1 aliphatic carbocycles. The molecule has 2 heterocycles. The lowest BCUT2D eigenvalue weighted by Crippen LogP contribution is -2.44. The van der Waals surface area contributed by atoms with Crippen molar-refractivity contribution < 1.29 is 9.59 Å². The van der Waals surface area contributed by atoms with E-state index in [-0.39, 0.29) is 29.1 Å². The molecular formula is C22H27N3O2S. The van der Waals surface area contributed by atoms with Crippen LogP contribution in [0, 0.1) is 17.3 Å². The Labute approximate surface area is 169 Å². The fourth-order valence-electron chi connectivity index (χ4n) is 4.42. The highest BCUT2D eigenvalue weighted by molar-refractivity contribution is 7.22. The van der Waals surface area contributed by atoms with Crippen molar-refractivity contribution in [3.63, 3.8) is 0 Å². The number of hydrogen-bond donors (Lipinski definition) is 1. The van der Waals surface area contributed by atoms with Crippen LogP contribution in [0.2, 0.25) is 0 Å². The number of carbonyl (C=O) groups excluding carboxylic acids is 2. The summed E-state index contributed by atoms with van der Waals surface area (Å²) in [5, 5.41) is 3.54. The van der Waals surface area contributed by atoms with Crippen LogP contribution in [0.3, 0.4) is 0 Å². The largest absolute Gasteiger partial charge is 0.330 e. The zero-order valence-corrected chi connectivity index (χ0v) is 17.7. The molecule has 28 heavy (non-hydrogen) atoms. The standard InChI is InChI=1S/C22H27N3O2S/c1-13(2)12-14-18(22(14,3)4)20(27)25-11-7-9-16(25)19(26)24-21-23-15-8-5-6-10-17(15)28-21/h5-6,8,10,12,14,16,18H,7,9,11H2,1-4H3,(H,23,24,26)/t14-,16+,18+/m1/s1. The number of likely N-dealkylation sites (tertiary alicyclic amines) is 1. The first-order valence-corrected chi connectivity index (χ1v) is 10.7. The third kappa shape index (κ3) is 3.34. The molecular weight excluding hydrogens is 370 g/mol. The third-order valence-electron chi connectivity index (χ3n) is 6.05. The molecule has 0 unspecified atom stereocenters. The molecule has 1 saturated carbocycles. The first-order valence-electron chi connectivity index (χ1n) is 9.91. The smallest absolute Gasteiger partial charge is 0.248 e. The second kappa shape index (κ2) is 6.99. The minimum absolute atomic E-state index is 0.0294. The zero-order chi connectivity index (χ0) is 20.1. The summed E-state index contributed by atoms with van der Waals surface area (Å²) in [4.78, 5) is 32.4. The summed E-state index contributed by atoms with van der Waals surface area (Å²) in [7, 11) is 0. The summed E-state index contributed by atoms with van der Waals surface area (Å²) in [5.41, 5.74) is 2.08. The lowest BCUT2D eigenvalue weighted by Gasteiger charge is -2.24. The van der Waals surface area contributed by atoms with Gasteiger partial charge < -0.3 is 10.2 Å². The van der Waals surface area contributed by atoms with Crippen LogP contribution in [0.4, 0.5) is 5.13 Å². The van der Waals surface area contributed by atoms with Gasteiger partial charge in [0.05, 0.1) is 16.1 Å². The minimum atomic E-state index is -0.400. The first-order chi connectivity index (χ1) is 13.3. The number of nitrogens with one attached hydrogen (secondary N) is 1. The van der Waals surface area contributed by atoms with Gasteiger partial charge in [-0.15, -0.1) is 0 Å². The van der Waals surface area contributed by atoms with Crippen molar-refractivity contribution in [2.24, 2.45) is 17.3 Å². The van der Waals surface area contributed by atoms with E-state index in [0.29, 0.717) is 18.1 Å². The third-order valence-corrected chi connectivity index (χ3v) is 7.00. The molecule has 148 valence electrons. The number of rotatable bonds is 4. The van der Waals surface area contributed by atoms with Crippen molar-refractivity contribution in [3.8, 4) is 0 Å². The summed E-state index contributed by atoms with van der Waals surface area (Å²) < 4.78 is 1.04. The SMILES string of the molecule is CC(C)=C[C@@H]1[C@@H](C(=O)N2CCC[C@H]2C(=O)Nc2nc3ccccc3s2)C1(C)C. The van der Waals surface area contributed by atoms with E-state index in [4.69, 9.17) is 0 Å². The predicted molar refractivity (Wildman–Crippen MR) is 113 cm³/mol. The van der Waals surface area contributed by atoms with Gasteiger partial charge in [-0.1, -0.05) is 49.0 Å². The molecule has 5 nitrogen and oxygen atoms in total. The molecule has 0 spiro atoms. The van der Waals surface area contributed by atoms with E-state index in [1.165, 1.54) is 16.9 Å². The van der Waals surface area contributed by atoms with Gasteiger partial charge in [-0.3, -0.25) is 9.59 Å². The molecule has 1 aromatic carbocycles. The Morgan fingerprint density at radius 1 is 1.29 bits per heavy atom. The van der Waals surface area contributed by atoms with Crippen LogP contribution in [-0.4, -0.2) is 34.3 Å². The number of hydrogen-bond acceptors (Lipinski definition) is 4. The molecule has 6 heteroatoms. The van der Waals surface area contributed by atoms with Crippen LogP contribution in [0.15, 0.2) is 35.9 Å². The number of nitrogens with zero attached hydrogens (tertiary/aromatic N) is 2. The molecule has 1 saturated heterocycles. The van der Waals surface area contributed by atoms with Gasteiger partial charge >= 0.3 is 0 Å². The van der Waals surface area contributed by atoms with Crippen LogP contribution in [-0.2, 0) is 9.59 Å². The highest BCUT2D eigenvalue weighted by atomic mass is 32.1. The molecule has 3 atom stereocenters. The minimum Gasteiger partial charge on any atom is -0.330 e. The van der Waals surface area contributed by atoms with Crippen LogP contribution in [0.5, 0.6) is 0 Å². The molecule has 0 bridgehead atoms. The lowest BCUT2D eigenvalue weighted by molar-refractivity contribution is -0.138. The van der Waals surface area contributed by atoms with Crippen molar-refractivity contribution >= 4 is 38.5 Å². The fourth-order valence-corrected chi connectivity index (χ4v) is 5.28. The lowest BCUT2D eigenvalue weighted by atomic mass is 10.1. The van der Waals surface area contributed by atoms with E-state index >= 15 is 0 Å². The molecule has 0 radical (unpaired) electrons. The number of benzene rings is 1. The van der Waals surface area contributed by atoms with E-state index in [1.807, 2.05) is 24.3 Å². The Morgan fingerprint density at radius 2 is 2.04 bits per heavy atom. The number of carbonyl (C=O) groups is 2. The molecule has 2 amide bonds. The molecule has 1 aromatic heterocycles. The predicted octanol–water partition coefficient (Wildman–Crippen LogP) is 4.46. The fraction of sp³-hybridized carbons (Fsp3) is 0.500. The van der Waals surface area contributed by atoms with Crippen molar-refractivity contribution in [2.45, 2.75) is 46.6 Å². The number of allylic oxidation sites excluding steroid dienone is 2. The van der Waals surface area contributed by atoms with Gasteiger partial charge in [0, 0.05) is 6.54 Å². The van der Waals surface area contributed by atoms with E-state index in [9.17, 15) is 9.59 Å². The second-order valence-electron chi connectivity index (χ2n) is 8.73. The van der Waals surface area contributed by atoms with E-state index in [2.05, 4.69) is 44.1 Å². The van der Waals surface area contributed by atoms with Crippen LogP contribution < -0.4 is 5.32 Å². The Morgan fingerprint density at radius 3 is 2.75 bits per heavy atom. The van der Waals surface area contributed by atoms with E-state index in [1.54, 1.807) is 4.90 Å². The summed E-state index contributed by atoms with van der Waals surface area (Å²) in [6.07, 6.45) is 3.78. The van der Waals surface area contributed by atoms with Gasteiger partial charge in [0.2, 0.25) is 11.8 Å². The molecule has 2 aromatic rings. The highest BCUT2D eigenvalue weighted by Gasteiger charge is 2.62. The number of thiazole rings is 1. The van der Waals surface area contributed by atoms with Gasteiger partial charge in [-0.25, -0.2) is 4.98 Å². The maximum atomic E-state index is 13.2. The zero-order valence-electron chi connectivity index (χ0n) is 16.9. The summed E-state index contributed by atoms with van der Waals surface area (Å²) in [6.45, 7) is 9.09. The quantitative estimate of drug-likeness (QED) is 0.775. The van der Waals surface area contributed by atoms with Gasteiger partial charge in [-0.2, -0.15) is 0 Å². The van der Waals surface area contributed by atoms with Gasteiger partial charge in [0.25, 0.3) is 0 Å². The summed E-state index contributed by atoms with van der Waals surface area (Å²) in [6, 6.07) is 7.43. The van der Waals surface area contributed by atoms with E-state index < -0.39 is 6.04 Å². The topological polar surface area (TPSA) is 62.3 Å². The first kappa shape index (κ1) is 19.1. The van der Waals surface area contributed by atoms with Crippen molar-refractivity contribution in [3.05, 3.63) is 35.9 Å². The van der Waals surface area contributed by atoms with Crippen molar-refractivity contribution in [2.75, 3.05) is 11.9 Å². The van der Waals surface area contributed by atoms with Crippen LogP contribution in [0.25, 0.3) is 10.2 Å². The van der Waals surface area contributed by atoms with Crippen LogP contribution in [0.1, 0.15) is 40.5 Å². The monoisotopic (exact) mass is 397 g/mol. The Kier molecular flexibility index (Phi) is 4.78. The molecule has 1 N–H and O–H groups in total. The summed E-state index contributed by atoms with van der Waals surface area (Å²) >= 11 is 1.47. The molecule has 4 rings (SSSR count). The van der Waals surface area contributed by atoms with Crippen molar-refractivity contribution in [1.29, 1.82) is 0 Å². The van der Waals surface area contributed by atoms with Gasteiger partial charge in [0.15, 0.2) is 5.13 Å². The maximum absolute atomic E-state index is 13.2. The molecule has 1 aliphatic heterocycles. The number of fused-ring (bicyclic) bond motifs is 1. The normalized spacial score (nSPS) is 25.6. The van der Waals surface area contributed by atoms with Gasteiger partial charge in [0.1, 0.15) is 6.04 Å². The highest BCUT2D eigenvalue weighted by Crippen LogP contribution is 2.60. The molecule has 2 fully saturated rings. The van der Waals surface area contributed by atoms with Gasteiger partial charge in [-0.05, 0) is 50.2 Å². The number of para-hydroxylation sites is 1.